The van der Waals surface area contributed by atoms with E-state index in [9.17, 15) is 0 Å². The lowest BCUT2D eigenvalue weighted by molar-refractivity contribution is 0.475. The predicted molar refractivity (Wildman–Crippen MR) is 60.8 cm³/mol. The first-order valence-electron chi connectivity index (χ1n) is 5.09. The van der Waals surface area contributed by atoms with Crippen LogP contribution in [0.2, 0.25) is 0 Å². The summed E-state index contributed by atoms with van der Waals surface area (Å²) in [6.45, 7) is 5.51. The van der Waals surface area contributed by atoms with Crippen molar-refractivity contribution in [3.05, 3.63) is 24.3 Å². The number of aromatic hydroxyl groups is 1. The number of phenolic OH excluding ortho intramolecular Hbond substituents is 1. The van der Waals surface area contributed by atoms with Gasteiger partial charge in [0, 0.05) is 19.3 Å². The maximum Gasteiger partial charge on any atom is 0.115 e. The highest BCUT2D eigenvalue weighted by Crippen LogP contribution is 2.17. The van der Waals surface area contributed by atoms with Crippen LogP contribution in [0.5, 0.6) is 5.75 Å². The molecule has 0 spiro atoms. The largest absolute Gasteiger partial charge is 0.508 e. The Morgan fingerprint density at radius 3 is 2.29 bits per heavy atom. The molecule has 0 aromatic heterocycles. The molecule has 2 heteroatoms. The molecule has 0 aliphatic heterocycles. The van der Waals surface area contributed by atoms with E-state index in [4.69, 9.17) is 5.11 Å². The van der Waals surface area contributed by atoms with Crippen LogP contribution in [-0.2, 0) is 0 Å². The number of rotatable bonds is 4. The van der Waals surface area contributed by atoms with E-state index >= 15 is 0 Å². The Morgan fingerprint density at radius 2 is 1.79 bits per heavy atom. The van der Waals surface area contributed by atoms with Crippen molar-refractivity contribution in [1.29, 1.82) is 0 Å². The molecule has 0 aliphatic carbocycles. The van der Waals surface area contributed by atoms with Gasteiger partial charge in [0.2, 0.25) is 0 Å². The molecule has 0 saturated heterocycles. The first-order chi connectivity index (χ1) is 6.59. The summed E-state index contributed by atoms with van der Waals surface area (Å²) in [6.07, 6.45) is 1.19. The van der Waals surface area contributed by atoms with Crippen LogP contribution in [0.15, 0.2) is 24.3 Å². The molecule has 0 unspecified atom stereocenters. The van der Waals surface area contributed by atoms with Crippen LogP contribution >= 0.6 is 0 Å². The predicted octanol–water partition coefficient (Wildman–Crippen LogP) is 2.87. The lowest BCUT2D eigenvalue weighted by atomic mass is 10.1. The van der Waals surface area contributed by atoms with Crippen LogP contribution in [0, 0.1) is 5.92 Å². The molecular weight excluding hydrogens is 174 g/mol. The van der Waals surface area contributed by atoms with Gasteiger partial charge in [0.05, 0.1) is 0 Å². The van der Waals surface area contributed by atoms with Crippen LogP contribution in [0.25, 0.3) is 0 Å². The highest BCUT2D eigenvalue weighted by molar-refractivity contribution is 5.47. The number of hydrogen-bond acceptors (Lipinski definition) is 2. The van der Waals surface area contributed by atoms with Gasteiger partial charge in [0.25, 0.3) is 0 Å². The zero-order valence-corrected chi connectivity index (χ0v) is 9.20. The monoisotopic (exact) mass is 193 g/mol. The normalized spacial score (nSPS) is 10.6. The van der Waals surface area contributed by atoms with Crippen molar-refractivity contribution in [1.82, 2.24) is 0 Å². The Morgan fingerprint density at radius 1 is 1.21 bits per heavy atom. The molecule has 2 nitrogen and oxygen atoms in total. The second kappa shape index (κ2) is 4.89. The Labute approximate surface area is 86.2 Å². The molecule has 78 valence electrons. The zero-order chi connectivity index (χ0) is 10.6. The van der Waals surface area contributed by atoms with E-state index in [1.54, 1.807) is 12.1 Å². The summed E-state index contributed by atoms with van der Waals surface area (Å²) in [5.74, 6) is 1.06. The van der Waals surface area contributed by atoms with Gasteiger partial charge in [-0.15, -0.1) is 0 Å². The minimum absolute atomic E-state index is 0.325. The van der Waals surface area contributed by atoms with E-state index in [0.29, 0.717) is 5.75 Å². The van der Waals surface area contributed by atoms with Crippen molar-refractivity contribution in [3.63, 3.8) is 0 Å². The van der Waals surface area contributed by atoms with E-state index < -0.39 is 0 Å². The quantitative estimate of drug-likeness (QED) is 0.794. The van der Waals surface area contributed by atoms with Gasteiger partial charge in [-0.1, -0.05) is 13.8 Å². The van der Waals surface area contributed by atoms with Gasteiger partial charge in [-0.2, -0.15) is 0 Å². The Balaban J connectivity index is 2.52. The summed E-state index contributed by atoms with van der Waals surface area (Å²) in [6, 6.07) is 7.33. The molecule has 1 aromatic rings. The average Bonchev–Trinajstić information content (AvgIpc) is 2.15. The molecule has 0 fully saturated rings. The molecule has 1 aromatic carbocycles. The Hall–Kier alpha value is -1.18. The van der Waals surface area contributed by atoms with E-state index in [1.807, 2.05) is 12.1 Å². The van der Waals surface area contributed by atoms with Crippen LogP contribution in [0.3, 0.4) is 0 Å². The maximum absolute atomic E-state index is 9.14. The minimum atomic E-state index is 0.325. The number of nitrogens with zero attached hydrogens (tertiary/aromatic N) is 1. The standard InChI is InChI=1S/C12H19NO/c1-10(2)8-9-13(3)11-4-6-12(14)7-5-11/h4-7,10,14H,8-9H2,1-3H3. The van der Waals surface area contributed by atoms with E-state index in [2.05, 4.69) is 25.8 Å². The summed E-state index contributed by atoms with van der Waals surface area (Å²) in [4.78, 5) is 2.21. The van der Waals surface area contributed by atoms with Gasteiger partial charge in [0.1, 0.15) is 5.75 Å². The summed E-state index contributed by atoms with van der Waals surface area (Å²) in [7, 11) is 2.08. The molecule has 1 rings (SSSR count). The fourth-order valence-electron chi connectivity index (χ4n) is 1.29. The average molecular weight is 193 g/mol. The molecular formula is C12H19NO. The molecule has 0 bridgehead atoms. The molecule has 14 heavy (non-hydrogen) atoms. The first-order valence-corrected chi connectivity index (χ1v) is 5.09. The van der Waals surface area contributed by atoms with Gasteiger partial charge in [-0.25, -0.2) is 0 Å². The third kappa shape index (κ3) is 3.29. The second-order valence-corrected chi connectivity index (χ2v) is 4.12. The second-order valence-electron chi connectivity index (χ2n) is 4.12. The summed E-state index contributed by atoms with van der Waals surface area (Å²) >= 11 is 0. The molecule has 0 radical (unpaired) electrons. The molecule has 0 atom stereocenters. The summed E-state index contributed by atoms with van der Waals surface area (Å²) in [5, 5.41) is 9.14. The van der Waals surface area contributed by atoms with Gasteiger partial charge < -0.3 is 10.0 Å². The Kier molecular flexibility index (Phi) is 3.81. The van der Waals surface area contributed by atoms with E-state index in [1.165, 1.54) is 6.42 Å². The van der Waals surface area contributed by atoms with Crippen molar-refractivity contribution in [2.75, 3.05) is 18.5 Å². The van der Waals surface area contributed by atoms with Crippen LogP contribution in [0.1, 0.15) is 20.3 Å². The fraction of sp³-hybridized carbons (Fsp3) is 0.500. The van der Waals surface area contributed by atoms with Crippen molar-refractivity contribution in [3.8, 4) is 5.75 Å². The van der Waals surface area contributed by atoms with Gasteiger partial charge in [0.15, 0.2) is 0 Å². The lowest BCUT2D eigenvalue weighted by Gasteiger charge is -2.20. The number of hydrogen-bond donors (Lipinski definition) is 1. The topological polar surface area (TPSA) is 23.5 Å². The number of anilines is 1. The lowest BCUT2D eigenvalue weighted by Crippen LogP contribution is -2.19. The highest BCUT2D eigenvalue weighted by Gasteiger charge is 2.01. The smallest absolute Gasteiger partial charge is 0.115 e. The molecule has 0 amide bonds. The maximum atomic E-state index is 9.14. The van der Waals surface area contributed by atoms with Crippen LogP contribution in [-0.4, -0.2) is 18.7 Å². The van der Waals surface area contributed by atoms with Crippen molar-refractivity contribution in [2.45, 2.75) is 20.3 Å². The molecule has 0 saturated carbocycles. The summed E-state index contributed by atoms with van der Waals surface area (Å²) < 4.78 is 0. The highest BCUT2D eigenvalue weighted by atomic mass is 16.3. The van der Waals surface area contributed by atoms with Crippen LogP contribution in [0.4, 0.5) is 5.69 Å². The SMILES string of the molecule is CC(C)CCN(C)c1ccc(O)cc1. The fourth-order valence-corrected chi connectivity index (χ4v) is 1.29. The molecule has 0 heterocycles. The zero-order valence-electron chi connectivity index (χ0n) is 9.20. The molecule has 1 N–H and O–H groups in total. The Bertz CT molecular complexity index is 266. The molecule has 0 aliphatic rings. The number of benzene rings is 1. The number of phenols is 1. The van der Waals surface area contributed by atoms with Gasteiger partial charge in [-0.3, -0.25) is 0 Å². The van der Waals surface area contributed by atoms with Gasteiger partial charge in [-0.05, 0) is 36.6 Å². The van der Waals surface area contributed by atoms with E-state index in [-0.39, 0.29) is 0 Å². The van der Waals surface area contributed by atoms with Gasteiger partial charge >= 0.3 is 0 Å². The minimum Gasteiger partial charge on any atom is -0.508 e. The summed E-state index contributed by atoms with van der Waals surface area (Å²) in [5.41, 5.74) is 1.16. The van der Waals surface area contributed by atoms with Crippen molar-refractivity contribution in [2.24, 2.45) is 5.92 Å². The van der Waals surface area contributed by atoms with E-state index in [0.717, 1.165) is 18.2 Å². The first kappa shape index (κ1) is 10.9. The van der Waals surface area contributed by atoms with Crippen molar-refractivity contribution < 1.29 is 5.11 Å². The third-order valence-corrected chi connectivity index (χ3v) is 2.33. The van der Waals surface area contributed by atoms with Crippen molar-refractivity contribution >= 4 is 5.69 Å². The third-order valence-electron chi connectivity index (χ3n) is 2.33. The van der Waals surface area contributed by atoms with Crippen LogP contribution < -0.4 is 4.90 Å².